The van der Waals surface area contributed by atoms with Gasteiger partial charge < -0.3 is 20.6 Å². The lowest BCUT2D eigenvalue weighted by Gasteiger charge is -2.15. The minimum Gasteiger partial charge on any atom is -0.505 e. The normalized spacial score (nSPS) is 14.3. The van der Waals surface area contributed by atoms with Crippen LogP contribution in [-0.2, 0) is 12.8 Å². The zero-order valence-corrected chi connectivity index (χ0v) is 16.0. The highest BCUT2D eigenvalue weighted by atomic mass is 19.2. The summed E-state index contributed by atoms with van der Waals surface area (Å²) in [5.74, 6) is -2.99. The van der Waals surface area contributed by atoms with E-state index in [1.807, 2.05) is 0 Å². The van der Waals surface area contributed by atoms with Crippen LogP contribution in [0.5, 0.6) is 5.75 Å². The number of nitrogens with two attached hydrogens (primary N) is 1. The van der Waals surface area contributed by atoms with Crippen LogP contribution < -0.4 is 5.73 Å². The monoisotopic (exact) mass is 402 g/mol. The fourth-order valence-electron chi connectivity index (χ4n) is 4.17. The van der Waals surface area contributed by atoms with E-state index in [1.54, 1.807) is 18.4 Å². The number of aryl methyl sites for hydroxylation is 2. The molecule has 9 heteroatoms. The summed E-state index contributed by atoms with van der Waals surface area (Å²) in [5, 5.41) is 26.1. The van der Waals surface area contributed by atoms with Crippen molar-refractivity contribution in [3.8, 4) is 28.1 Å². The molecule has 7 nitrogen and oxygen atoms in total. The zero-order valence-electron chi connectivity index (χ0n) is 16.0. The van der Waals surface area contributed by atoms with Gasteiger partial charge in [0.2, 0.25) is 11.8 Å². The van der Waals surface area contributed by atoms with Crippen molar-refractivity contribution in [3.05, 3.63) is 46.5 Å². The van der Waals surface area contributed by atoms with Gasteiger partial charge in [-0.2, -0.15) is 4.39 Å². The van der Waals surface area contributed by atoms with Crippen molar-refractivity contribution in [2.45, 2.75) is 39.5 Å². The summed E-state index contributed by atoms with van der Waals surface area (Å²) in [6, 6.07) is 2.44. The molecule has 152 valence electrons. The van der Waals surface area contributed by atoms with Gasteiger partial charge in [0.15, 0.2) is 11.6 Å². The number of oxime groups is 1. The molecular formula is C20H20F2N4O3. The van der Waals surface area contributed by atoms with E-state index in [0.29, 0.717) is 41.1 Å². The lowest BCUT2D eigenvalue weighted by atomic mass is 9.89. The van der Waals surface area contributed by atoms with Crippen LogP contribution in [0.15, 0.2) is 21.8 Å². The van der Waals surface area contributed by atoms with E-state index in [-0.39, 0.29) is 11.5 Å². The first-order valence-electron chi connectivity index (χ1n) is 9.21. The summed E-state index contributed by atoms with van der Waals surface area (Å²) in [5.41, 5.74) is 9.51. The van der Waals surface area contributed by atoms with Crippen molar-refractivity contribution in [2.24, 2.45) is 10.9 Å². The Bertz CT molecular complexity index is 1130. The van der Waals surface area contributed by atoms with E-state index in [1.165, 1.54) is 6.07 Å². The lowest BCUT2D eigenvalue weighted by Crippen LogP contribution is -2.26. The first-order chi connectivity index (χ1) is 13.9. The van der Waals surface area contributed by atoms with Crippen molar-refractivity contribution in [1.82, 2.24) is 9.72 Å². The van der Waals surface area contributed by atoms with E-state index in [0.717, 1.165) is 30.2 Å². The molecule has 29 heavy (non-hydrogen) atoms. The molecule has 0 saturated heterocycles. The molecule has 2 aromatic heterocycles. The number of phenols is 1. The van der Waals surface area contributed by atoms with Crippen molar-refractivity contribution in [3.63, 3.8) is 0 Å². The molecule has 0 unspecified atom stereocenters. The third-order valence-corrected chi connectivity index (χ3v) is 5.40. The third kappa shape index (κ3) is 2.76. The highest BCUT2D eigenvalue weighted by Gasteiger charge is 2.32. The van der Waals surface area contributed by atoms with Gasteiger partial charge in [-0.3, -0.25) is 4.57 Å². The van der Waals surface area contributed by atoms with Crippen LogP contribution in [0.4, 0.5) is 8.78 Å². The summed E-state index contributed by atoms with van der Waals surface area (Å²) in [4.78, 5) is 0. The molecule has 0 atom stereocenters. The second kappa shape index (κ2) is 6.91. The van der Waals surface area contributed by atoms with Gasteiger partial charge in [0.1, 0.15) is 5.76 Å². The summed E-state index contributed by atoms with van der Waals surface area (Å²) in [6.45, 7) is 3.43. The summed E-state index contributed by atoms with van der Waals surface area (Å²) >= 11 is 0. The van der Waals surface area contributed by atoms with Crippen LogP contribution in [0.1, 0.15) is 35.6 Å². The van der Waals surface area contributed by atoms with Crippen LogP contribution in [0, 0.1) is 25.5 Å². The zero-order chi connectivity index (χ0) is 20.9. The molecule has 0 fully saturated rings. The first-order valence-corrected chi connectivity index (χ1v) is 9.21. The average Bonchev–Trinajstić information content (AvgIpc) is 3.22. The van der Waals surface area contributed by atoms with Gasteiger partial charge in [0, 0.05) is 16.8 Å². The number of fused-ring (bicyclic) bond motifs is 1. The molecule has 0 saturated carbocycles. The Kier molecular flexibility index (Phi) is 4.52. The van der Waals surface area contributed by atoms with Gasteiger partial charge in [0.05, 0.1) is 17.0 Å². The smallest absolute Gasteiger partial charge is 0.242 e. The molecule has 1 aliphatic rings. The highest BCUT2D eigenvalue weighted by molar-refractivity contribution is 5.96. The largest absolute Gasteiger partial charge is 0.505 e. The molecule has 3 aromatic rings. The molecule has 0 radical (unpaired) electrons. The second-order valence-electron chi connectivity index (χ2n) is 7.11. The van der Waals surface area contributed by atoms with Crippen LogP contribution >= 0.6 is 0 Å². The second-order valence-corrected chi connectivity index (χ2v) is 7.11. The van der Waals surface area contributed by atoms with Crippen molar-refractivity contribution >= 4 is 5.96 Å². The van der Waals surface area contributed by atoms with Gasteiger partial charge in [-0.1, -0.05) is 10.3 Å². The molecule has 4 rings (SSSR count). The quantitative estimate of drug-likeness (QED) is 0.261. The number of aromatic hydroxyl groups is 1. The highest BCUT2D eigenvalue weighted by Crippen LogP contribution is 2.45. The predicted octanol–water partition coefficient (Wildman–Crippen LogP) is 3.84. The number of aromatic nitrogens is 2. The van der Waals surface area contributed by atoms with Gasteiger partial charge in [-0.25, -0.2) is 4.39 Å². The van der Waals surface area contributed by atoms with E-state index in [9.17, 15) is 19.1 Å². The predicted molar refractivity (Wildman–Crippen MR) is 102 cm³/mol. The molecule has 0 aliphatic heterocycles. The van der Waals surface area contributed by atoms with Crippen molar-refractivity contribution in [1.29, 1.82) is 0 Å². The lowest BCUT2D eigenvalue weighted by molar-refractivity contribution is 0.316. The van der Waals surface area contributed by atoms with Crippen molar-refractivity contribution in [2.75, 3.05) is 0 Å². The van der Waals surface area contributed by atoms with E-state index < -0.39 is 17.4 Å². The maximum absolute atomic E-state index is 14.9. The van der Waals surface area contributed by atoms with E-state index in [2.05, 4.69) is 10.3 Å². The first kappa shape index (κ1) is 19.0. The molecule has 2 heterocycles. The third-order valence-electron chi connectivity index (χ3n) is 5.40. The Morgan fingerprint density at radius 1 is 1.17 bits per heavy atom. The molecule has 0 bridgehead atoms. The molecule has 4 N–H and O–H groups in total. The van der Waals surface area contributed by atoms with Crippen molar-refractivity contribution < 1.29 is 23.6 Å². The number of phenolic OH excluding ortho intramolecular Hbond substituents is 1. The molecule has 0 amide bonds. The minimum absolute atomic E-state index is 0.0158. The molecule has 0 spiro atoms. The topological polar surface area (TPSA) is 110 Å². The van der Waals surface area contributed by atoms with E-state index >= 15 is 0 Å². The number of hydrogen-bond acceptors (Lipinski definition) is 5. The minimum atomic E-state index is -1.33. The SMILES string of the molecule is Cc1noc(C)c1-c1c(-c2ccc(O)c(F)c2F)c2c(n1C(N)=NO)CCCC2. The van der Waals surface area contributed by atoms with Crippen LogP contribution in [0.2, 0.25) is 0 Å². The fourth-order valence-corrected chi connectivity index (χ4v) is 4.17. The number of rotatable bonds is 2. The van der Waals surface area contributed by atoms with Gasteiger partial charge >= 0.3 is 0 Å². The standard InChI is InChI=1S/C20H20F2N4O3/c1-9-15(10(2)29-25-9)19-16(12-7-8-14(27)18(22)17(12)21)11-5-3-4-6-13(11)26(19)20(23)24-28/h7-8,27-28H,3-6H2,1-2H3,(H2,23,24). The molecule has 1 aliphatic carbocycles. The Balaban J connectivity index is 2.19. The maximum atomic E-state index is 14.9. The van der Waals surface area contributed by atoms with Gasteiger partial charge in [-0.15, -0.1) is 0 Å². The van der Waals surface area contributed by atoms with Crippen LogP contribution in [0.25, 0.3) is 22.4 Å². The summed E-state index contributed by atoms with van der Waals surface area (Å²) in [6.07, 6.45) is 2.99. The van der Waals surface area contributed by atoms with Crippen LogP contribution in [0.3, 0.4) is 0 Å². The number of halogens is 2. The number of benzene rings is 1. The Hall–Kier alpha value is -3.36. The van der Waals surface area contributed by atoms with E-state index in [4.69, 9.17) is 10.3 Å². The Morgan fingerprint density at radius 3 is 2.55 bits per heavy atom. The fraction of sp³-hybridized carbons (Fsp3) is 0.300. The average molecular weight is 402 g/mol. The van der Waals surface area contributed by atoms with Gasteiger partial charge in [-0.05, 0) is 57.2 Å². The number of nitrogens with zero attached hydrogens (tertiary/aromatic N) is 3. The summed E-state index contributed by atoms with van der Waals surface area (Å²) in [7, 11) is 0. The number of hydrogen-bond donors (Lipinski definition) is 3. The maximum Gasteiger partial charge on any atom is 0.242 e. The summed E-state index contributed by atoms with van der Waals surface area (Å²) < 4.78 is 36.0. The Morgan fingerprint density at radius 2 is 1.90 bits per heavy atom. The van der Waals surface area contributed by atoms with Gasteiger partial charge in [0.25, 0.3) is 0 Å². The molecular weight excluding hydrogens is 382 g/mol. The van der Waals surface area contributed by atoms with Crippen LogP contribution in [-0.4, -0.2) is 26.0 Å². The Labute approximate surface area is 165 Å². The molecule has 1 aromatic carbocycles.